The van der Waals surface area contributed by atoms with Gasteiger partial charge in [0.2, 0.25) is 0 Å². The molecule has 2 atom stereocenters. The summed E-state index contributed by atoms with van der Waals surface area (Å²) in [5, 5.41) is 12.2. The van der Waals surface area contributed by atoms with Gasteiger partial charge in [-0.25, -0.2) is 0 Å². The van der Waals surface area contributed by atoms with Gasteiger partial charge in [0.1, 0.15) is 0 Å². The van der Waals surface area contributed by atoms with Crippen LogP contribution in [-0.4, -0.2) is 36.3 Å². The van der Waals surface area contributed by atoms with E-state index in [9.17, 15) is 0 Å². The first-order chi connectivity index (χ1) is 9.01. The fourth-order valence-electron chi connectivity index (χ4n) is 2.36. The second-order valence-electron chi connectivity index (χ2n) is 4.81. The van der Waals surface area contributed by atoms with Crippen molar-refractivity contribution in [3.63, 3.8) is 0 Å². The molecule has 104 valence electrons. The summed E-state index contributed by atoms with van der Waals surface area (Å²) in [5.41, 5.74) is 7.09. The average molecular weight is 284 g/mol. The number of oxime groups is 1. The van der Waals surface area contributed by atoms with Crippen LogP contribution in [0.5, 0.6) is 0 Å². The Bertz CT molecular complexity index is 483. The Kier molecular flexibility index (Phi) is 4.17. The van der Waals surface area contributed by atoms with Crippen molar-refractivity contribution in [3.8, 4) is 0 Å². The smallest absolute Gasteiger partial charge is 0.170 e. The number of hydrogen-bond donors (Lipinski definition) is 2. The van der Waals surface area contributed by atoms with Crippen molar-refractivity contribution < 1.29 is 9.94 Å². The van der Waals surface area contributed by atoms with E-state index in [1.54, 1.807) is 12.1 Å². The van der Waals surface area contributed by atoms with Crippen molar-refractivity contribution in [2.75, 3.05) is 18.0 Å². The fraction of sp³-hybridized carbons (Fsp3) is 0.462. The zero-order valence-corrected chi connectivity index (χ0v) is 11.8. The lowest BCUT2D eigenvalue weighted by Gasteiger charge is -2.37. The Labute approximate surface area is 117 Å². The maximum Gasteiger partial charge on any atom is 0.170 e. The van der Waals surface area contributed by atoms with Crippen LogP contribution in [0.25, 0.3) is 0 Å². The van der Waals surface area contributed by atoms with Crippen LogP contribution in [0.4, 0.5) is 5.69 Å². The van der Waals surface area contributed by atoms with E-state index in [-0.39, 0.29) is 18.0 Å². The highest BCUT2D eigenvalue weighted by molar-refractivity contribution is 6.33. The highest BCUT2D eigenvalue weighted by atomic mass is 35.5. The third-order valence-electron chi connectivity index (χ3n) is 3.11. The number of nitrogens with zero attached hydrogens (tertiary/aromatic N) is 2. The van der Waals surface area contributed by atoms with Crippen molar-refractivity contribution >= 4 is 23.1 Å². The Morgan fingerprint density at radius 3 is 2.58 bits per heavy atom. The third-order valence-corrected chi connectivity index (χ3v) is 3.41. The molecule has 1 aromatic carbocycles. The van der Waals surface area contributed by atoms with Crippen molar-refractivity contribution in [1.29, 1.82) is 0 Å². The van der Waals surface area contributed by atoms with Crippen molar-refractivity contribution in [2.24, 2.45) is 10.9 Å². The number of morpholine rings is 1. The molecule has 0 saturated carbocycles. The molecule has 0 bridgehead atoms. The van der Waals surface area contributed by atoms with Gasteiger partial charge in [-0.15, -0.1) is 0 Å². The number of amidine groups is 1. The topological polar surface area (TPSA) is 71.1 Å². The maximum absolute atomic E-state index is 8.66. The van der Waals surface area contributed by atoms with E-state index in [0.717, 1.165) is 18.8 Å². The zero-order valence-electron chi connectivity index (χ0n) is 11.0. The molecule has 1 fully saturated rings. The molecule has 0 spiro atoms. The summed E-state index contributed by atoms with van der Waals surface area (Å²) in [4.78, 5) is 2.19. The van der Waals surface area contributed by atoms with Gasteiger partial charge in [0.25, 0.3) is 0 Å². The Morgan fingerprint density at radius 1 is 1.42 bits per heavy atom. The maximum atomic E-state index is 8.66. The summed E-state index contributed by atoms with van der Waals surface area (Å²) >= 11 is 6.28. The van der Waals surface area contributed by atoms with E-state index in [4.69, 9.17) is 27.3 Å². The van der Waals surface area contributed by atoms with E-state index in [0.29, 0.717) is 10.6 Å². The normalized spacial score (nSPS) is 24.6. The van der Waals surface area contributed by atoms with E-state index in [1.165, 1.54) is 0 Å². The predicted octanol–water partition coefficient (Wildman–Crippen LogP) is 2.05. The summed E-state index contributed by atoms with van der Waals surface area (Å²) in [7, 11) is 0. The number of rotatable bonds is 2. The zero-order chi connectivity index (χ0) is 14.0. The summed E-state index contributed by atoms with van der Waals surface area (Å²) < 4.78 is 5.70. The van der Waals surface area contributed by atoms with Crippen LogP contribution in [0.15, 0.2) is 23.4 Å². The van der Waals surface area contributed by atoms with E-state index in [2.05, 4.69) is 10.1 Å². The lowest BCUT2D eigenvalue weighted by molar-refractivity contribution is -0.00520. The molecule has 1 aliphatic rings. The molecule has 3 N–H and O–H groups in total. The van der Waals surface area contributed by atoms with Crippen LogP contribution in [0.2, 0.25) is 5.02 Å². The molecule has 1 saturated heterocycles. The molecule has 6 heteroatoms. The monoisotopic (exact) mass is 283 g/mol. The lowest BCUT2D eigenvalue weighted by atomic mass is 10.1. The molecule has 2 unspecified atom stereocenters. The fourth-order valence-corrected chi connectivity index (χ4v) is 2.66. The predicted molar refractivity (Wildman–Crippen MR) is 76.2 cm³/mol. The second kappa shape index (κ2) is 5.67. The molecule has 1 aromatic rings. The van der Waals surface area contributed by atoms with Gasteiger partial charge >= 0.3 is 0 Å². The summed E-state index contributed by atoms with van der Waals surface area (Å²) in [6.07, 6.45) is 0.340. The van der Waals surface area contributed by atoms with Gasteiger partial charge in [0.15, 0.2) is 5.84 Å². The number of benzene rings is 1. The van der Waals surface area contributed by atoms with Crippen LogP contribution in [-0.2, 0) is 4.74 Å². The summed E-state index contributed by atoms with van der Waals surface area (Å²) in [6.45, 7) is 5.68. The molecular formula is C13H18ClN3O2. The van der Waals surface area contributed by atoms with Gasteiger partial charge in [0, 0.05) is 18.7 Å². The van der Waals surface area contributed by atoms with Gasteiger partial charge in [-0.2, -0.15) is 0 Å². The molecule has 2 rings (SSSR count). The minimum absolute atomic E-state index is 0.0529. The number of anilines is 1. The van der Waals surface area contributed by atoms with Gasteiger partial charge < -0.3 is 20.6 Å². The van der Waals surface area contributed by atoms with Gasteiger partial charge in [-0.3, -0.25) is 0 Å². The standard InChI is InChI=1S/C13H18ClN3O2/c1-8-6-17(7-9(2)19-8)12-4-3-10(5-11(12)14)13(15)16-18/h3-5,8-9,18H,6-7H2,1-2H3,(H2,15,16). The first-order valence-electron chi connectivity index (χ1n) is 6.19. The lowest BCUT2D eigenvalue weighted by Crippen LogP contribution is -2.45. The Hall–Kier alpha value is -1.46. The Morgan fingerprint density at radius 2 is 2.05 bits per heavy atom. The molecule has 5 nitrogen and oxygen atoms in total. The largest absolute Gasteiger partial charge is 0.409 e. The number of ether oxygens (including phenoxy) is 1. The third kappa shape index (κ3) is 3.11. The SMILES string of the molecule is CC1CN(c2ccc(C(N)=NO)cc2Cl)CC(C)O1. The highest BCUT2D eigenvalue weighted by Crippen LogP contribution is 2.29. The van der Waals surface area contributed by atoms with Gasteiger partial charge in [-0.1, -0.05) is 16.8 Å². The second-order valence-corrected chi connectivity index (χ2v) is 5.22. The molecule has 0 radical (unpaired) electrons. The van der Waals surface area contributed by atoms with Crippen LogP contribution in [0.3, 0.4) is 0 Å². The highest BCUT2D eigenvalue weighted by Gasteiger charge is 2.23. The first-order valence-corrected chi connectivity index (χ1v) is 6.57. The Balaban J connectivity index is 2.26. The molecule has 1 heterocycles. The van der Waals surface area contributed by atoms with Gasteiger partial charge in [0.05, 0.1) is 22.9 Å². The minimum atomic E-state index is 0.0529. The van der Waals surface area contributed by atoms with E-state index >= 15 is 0 Å². The van der Waals surface area contributed by atoms with Crippen LogP contribution in [0, 0.1) is 0 Å². The van der Waals surface area contributed by atoms with Crippen LogP contribution >= 0.6 is 11.6 Å². The van der Waals surface area contributed by atoms with Gasteiger partial charge in [-0.05, 0) is 32.0 Å². The quantitative estimate of drug-likeness (QED) is 0.377. The summed E-state index contributed by atoms with van der Waals surface area (Å²) in [5.74, 6) is 0.0529. The minimum Gasteiger partial charge on any atom is -0.409 e. The number of hydrogen-bond acceptors (Lipinski definition) is 4. The molecule has 1 aliphatic heterocycles. The first kappa shape index (κ1) is 14.0. The van der Waals surface area contributed by atoms with E-state index in [1.807, 2.05) is 19.9 Å². The molecule has 0 aliphatic carbocycles. The van der Waals surface area contributed by atoms with Crippen LogP contribution < -0.4 is 10.6 Å². The molecule has 19 heavy (non-hydrogen) atoms. The average Bonchev–Trinajstić information content (AvgIpc) is 2.36. The summed E-state index contributed by atoms with van der Waals surface area (Å²) in [6, 6.07) is 5.39. The number of nitrogens with two attached hydrogens (primary N) is 1. The molecule has 0 amide bonds. The number of halogens is 1. The van der Waals surface area contributed by atoms with Crippen molar-refractivity contribution in [3.05, 3.63) is 28.8 Å². The van der Waals surface area contributed by atoms with Crippen molar-refractivity contribution in [1.82, 2.24) is 0 Å². The van der Waals surface area contributed by atoms with E-state index < -0.39 is 0 Å². The molecular weight excluding hydrogens is 266 g/mol. The van der Waals surface area contributed by atoms with Crippen LogP contribution in [0.1, 0.15) is 19.4 Å². The van der Waals surface area contributed by atoms with Crippen molar-refractivity contribution in [2.45, 2.75) is 26.1 Å². The molecule has 0 aromatic heterocycles.